The van der Waals surface area contributed by atoms with Gasteiger partial charge in [-0.1, -0.05) is 0 Å². The molecule has 1 saturated carbocycles. The maximum atomic E-state index is 14.9. The molecule has 3 heterocycles. The van der Waals surface area contributed by atoms with Gasteiger partial charge >= 0.3 is 0 Å². The lowest BCUT2D eigenvalue weighted by Gasteiger charge is -2.31. The molecular weight excluding hydrogens is 477 g/mol. The summed E-state index contributed by atoms with van der Waals surface area (Å²) in [5.74, 6) is 1.15. The number of hydrogen-bond acceptors (Lipinski definition) is 8. The van der Waals surface area contributed by atoms with E-state index in [4.69, 9.17) is 9.15 Å². The van der Waals surface area contributed by atoms with Gasteiger partial charge in [0.25, 0.3) is 5.91 Å². The molecule has 1 fully saturated rings. The number of ether oxygens (including phenoxy) is 1. The maximum absolute atomic E-state index is 14.9. The van der Waals surface area contributed by atoms with E-state index in [2.05, 4.69) is 20.6 Å². The number of aromatic nitrogens is 2. The summed E-state index contributed by atoms with van der Waals surface area (Å²) >= 11 is 0. The van der Waals surface area contributed by atoms with Crippen molar-refractivity contribution in [2.45, 2.75) is 57.9 Å². The average Bonchev–Trinajstić information content (AvgIpc) is 3.28. The Balaban J connectivity index is 1.10. The van der Waals surface area contributed by atoms with Crippen molar-refractivity contribution in [3.05, 3.63) is 70.8 Å². The van der Waals surface area contributed by atoms with E-state index < -0.39 is 6.10 Å². The molecule has 10 heteroatoms. The summed E-state index contributed by atoms with van der Waals surface area (Å²) in [6.45, 7) is 3.50. The Morgan fingerprint density at radius 1 is 1.32 bits per heavy atom. The van der Waals surface area contributed by atoms with Crippen LogP contribution in [0.2, 0.25) is 0 Å². The number of oxazole rings is 1. The summed E-state index contributed by atoms with van der Waals surface area (Å²) in [5, 5.41) is 16.7. The van der Waals surface area contributed by atoms with Crippen molar-refractivity contribution >= 4 is 11.7 Å². The number of nitrogens with one attached hydrogen (secondary N) is 2. The van der Waals surface area contributed by atoms with Gasteiger partial charge in [-0.3, -0.25) is 9.69 Å². The molecule has 37 heavy (non-hydrogen) atoms. The number of benzene rings is 1. The minimum atomic E-state index is -0.782. The van der Waals surface area contributed by atoms with Crippen LogP contribution in [0.1, 0.15) is 52.2 Å². The second kappa shape index (κ2) is 11.3. The molecule has 3 aromatic rings. The van der Waals surface area contributed by atoms with Crippen LogP contribution >= 0.6 is 0 Å². The second-order valence-electron chi connectivity index (χ2n) is 9.74. The molecule has 9 nitrogen and oxygen atoms in total. The van der Waals surface area contributed by atoms with E-state index in [-0.39, 0.29) is 24.9 Å². The fourth-order valence-corrected chi connectivity index (χ4v) is 4.59. The molecule has 196 valence electrons. The molecule has 1 aromatic carbocycles. The van der Waals surface area contributed by atoms with E-state index in [1.54, 1.807) is 18.3 Å². The van der Waals surface area contributed by atoms with Crippen molar-refractivity contribution in [1.82, 2.24) is 20.2 Å². The first-order chi connectivity index (χ1) is 17.9. The number of fused-ring (bicyclic) bond motifs is 1. The first kappa shape index (κ1) is 25.2. The van der Waals surface area contributed by atoms with Crippen LogP contribution in [0.25, 0.3) is 0 Å². The Bertz CT molecular complexity index is 1250. The molecule has 0 unspecified atom stereocenters. The van der Waals surface area contributed by atoms with Gasteiger partial charge < -0.3 is 24.9 Å². The minimum Gasteiger partial charge on any atom is -0.485 e. The highest BCUT2D eigenvalue weighted by Gasteiger charge is 2.23. The molecule has 5 rings (SSSR count). The summed E-state index contributed by atoms with van der Waals surface area (Å²) < 4.78 is 25.9. The Morgan fingerprint density at radius 3 is 2.95 bits per heavy atom. The van der Waals surface area contributed by atoms with E-state index in [1.807, 2.05) is 17.9 Å². The van der Waals surface area contributed by atoms with Crippen LogP contribution in [-0.2, 0) is 19.6 Å². The van der Waals surface area contributed by atoms with Gasteiger partial charge in [0.1, 0.15) is 24.0 Å². The van der Waals surface area contributed by atoms with Gasteiger partial charge in [-0.2, -0.15) is 0 Å². The number of amides is 1. The largest absolute Gasteiger partial charge is 0.485 e. The molecule has 3 N–H and O–H groups in total. The van der Waals surface area contributed by atoms with Crippen LogP contribution in [0.3, 0.4) is 0 Å². The lowest BCUT2D eigenvalue weighted by molar-refractivity contribution is 0.0839. The van der Waals surface area contributed by atoms with Gasteiger partial charge in [-0.25, -0.2) is 14.4 Å². The Morgan fingerprint density at radius 2 is 2.19 bits per heavy atom. The number of anilines is 1. The van der Waals surface area contributed by atoms with E-state index in [1.165, 1.54) is 18.9 Å². The quantitative estimate of drug-likeness (QED) is 0.382. The van der Waals surface area contributed by atoms with Gasteiger partial charge in [-0.15, -0.1) is 0 Å². The molecule has 0 spiro atoms. The Kier molecular flexibility index (Phi) is 7.66. The standard InChI is InChI=1S/C27H32FN5O4/c1-17-25(37-16-31-17)15-36-22-9-18-6-8-33(14-23(18)24(28)11-22)13-21(34)12-30-27(35)19-5-7-29-26(10-19)32-20-3-2-4-20/h5,7,9-11,16,20-21,34H,2-4,6,8,12-15H2,1H3,(H,29,32)(H,30,35)/t21-/m0/s1. The summed E-state index contributed by atoms with van der Waals surface area (Å²) in [5.41, 5.74) is 2.74. The number of pyridine rings is 1. The highest BCUT2D eigenvalue weighted by Crippen LogP contribution is 2.28. The predicted octanol–water partition coefficient (Wildman–Crippen LogP) is 3.21. The number of rotatable bonds is 10. The third kappa shape index (κ3) is 6.26. The summed E-state index contributed by atoms with van der Waals surface area (Å²) in [6, 6.07) is 7.06. The summed E-state index contributed by atoms with van der Waals surface area (Å²) in [4.78, 5) is 22.9. The third-order valence-electron chi connectivity index (χ3n) is 7.00. The first-order valence-electron chi connectivity index (χ1n) is 12.7. The van der Waals surface area contributed by atoms with Gasteiger partial charge in [0.2, 0.25) is 0 Å². The third-order valence-corrected chi connectivity index (χ3v) is 7.00. The molecule has 2 aromatic heterocycles. The normalized spacial score (nSPS) is 16.5. The number of carbonyl (C=O) groups excluding carboxylic acids is 1. The van der Waals surface area contributed by atoms with Crippen LogP contribution in [0.15, 0.2) is 41.3 Å². The van der Waals surface area contributed by atoms with Gasteiger partial charge in [0.05, 0.1) is 11.8 Å². The van der Waals surface area contributed by atoms with Crippen LogP contribution in [0.4, 0.5) is 10.2 Å². The molecule has 0 radical (unpaired) electrons. The van der Waals surface area contributed by atoms with Gasteiger partial charge in [0, 0.05) is 55.6 Å². The number of carbonyl (C=O) groups is 1. The monoisotopic (exact) mass is 509 g/mol. The zero-order valence-electron chi connectivity index (χ0n) is 20.9. The van der Waals surface area contributed by atoms with E-state index in [0.29, 0.717) is 60.6 Å². The van der Waals surface area contributed by atoms with E-state index in [9.17, 15) is 14.3 Å². The van der Waals surface area contributed by atoms with Crippen LogP contribution in [0, 0.1) is 12.7 Å². The molecule has 0 bridgehead atoms. The zero-order chi connectivity index (χ0) is 25.8. The van der Waals surface area contributed by atoms with Crippen LogP contribution in [0.5, 0.6) is 5.75 Å². The molecule has 2 aliphatic rings. The molecule has 1 amide bonds. The molecular formula is C27H32FN5O4. The van der Waals surface area contributed by atoms with Gasteiger partial charge in [0.15, 0.2) is 12.2 Å². The van der Waals surface area contributed by atoms with Crippen molar-refractivity contribution in [3.63, 3.8) is 0 Å². The SMILES string of the molecule is Cc1ncoc1COc1cc(F)c2c(c1)CCN(C[C@@H](O)CNC(=O)c1ccnc(NC3CCC3)c1)C2. The number of aliphatic hydroxyl groups is 1. The van der Waals surface area contributed by atoms with Crippen molar-refractivity contribution in [1.29, 1.82) is 0 Å². The highest BCUT2D eigenvalue weighted by atomic mass is 19.1. The fraction of sp³-hybridized carbons (Fsp3) is 0.444. The highest BCUT2D eigenvalue weighted by molar-refractivity contribution is 5.94. The van der Waals surface area contributed by atoms with Gasteiger partial charge in [-0.05, 0) is 56.4 Å². The smallest absolute Gasteiger partial charge is 0.251 e. The lowest BCUT2D eigenvalue weighted by atomic mass is 9.93. The lowest BCUT2D eigenvalue weighted by Crippen LogP contribution is -2.42. The number of aryl methyl sites for hydroxylation is 1. The van der Waals surface area contributed by atoms with Crippen molar-refractivity contribution in [2.24, 2.45) is 0 Å². The number of nitrogens with zero attached hydrogens (tertiary/aromatic N) is 3. The topological polar surface area (TPSA) is 113 Å². The van der Waals surface area contributed by atoms with Crippen molar-refractivity contribution < 1.29 is 23.4 Å². The fourth-order valence-electron chi connectivity index (χ4n) is 4.59. The first-order valence-corrected chi connectivity index (χ1v) is 12.7. The van der Waals surface area contributed by atoms with Crippen molar-refractivity contribution in [3.8, 4) is 5.75 Å². The minimum absolute atomic E-state index is 0.103. The molecule has 0 saturated heterocycles. The van der Waals surface area contributed by atoms with Crippen molar-refractivity contribution in [2.75, 3.05) is 25.0 Å². The van der Waals surface area contributed by atoms with Crippen LogP contribution in [-0.4, -0.2) is 57.7 Å². The summed E-state index contributed by atoms with van der Waals surface area (Å²) in [6.07, 6.45) is 6.27. The molecule has 1 aliphatic carbocycles. The predicted molar refractivity (Wildman–Crippen MR) is 135 cm³/mol. The average molecular weight is 510 g/mol. The molecule has 1 atom stereocenters. The van der Waals surface area contributed by atoms with E-state index in [0.717, 1.165) is 24.1 Å². The summed E-state index contributed by atoms with van der Waals surface area (Å²) in [7, 11) is 0. The Hall–Kier alpha value is -3.50. The maximum Gasteiger partial charge on any atom is 0.251 e. The van der Waals surface area contributed by atoms with Crippen LogP contribution < -0.4 is 15.4 Å². The number of aliphatic hydroxyl groups excluding tert-OH is 1. The number of β-amino-alcohol motifs (C(OH)–C–C–N with tert-alkyl or cyclic N) is 1. The Labute approximate surface area is 215 Å². The second-order valence-corrected chi connectivity index (χ2v) is 9.74. The molecule has 1 aliphatic heterocycles. The zero-order valence-corrected chi connectivity index (χ0v) is 20.9. The number of halogens is 1. The number of hydrogen-bond donors (Lipinski definition) is 3. The van der Waals surface area contributed by atoms with E-state index >= 15 is 0 Å².